The summed E-state index contributed by atoms with van der Waals surface area (Å²) in [4.78, 5) is 0. The maximum atomic E-state index is 9.94. The second kappa shape index (κ2) is 4.45. The molecule has 0 aromatic rings. The van der Waals surface area contributed by atoms with Crippen LogP contribution in [0.2, 0.25) is 5.82 Å². The summed E-state index contributed by atoms with van der Waals surface area (Å²) in [5.41, 5.74) is 0. The van der Waals surface area contributed by atoms with Gasteiger partial charge in [-0.1, -0.05) is 19.2 Å². The van der Waals surface area contributed by atoms with Gasteiger partial charge in [0, 0.05) is 0 Å². The van der Waals surface area contributed by atoms with Gasteiger partial charge in [-0.25, -0.2) is 0 Å². The molecule has 2 radical (unpaired) electrons. The number of aliphatic hydroxyl groups excluding tert-OH is 1. The lowest BCUT2D eigenvalue weighted by molar-refractivity contribution is 0.0967. The third kappa shape index (κ3) is 3.17. The molecule has 1 aliphatic carbocycles. The summed E-state index contributed by atoms with van der Waals surface area (Å²) < 4.78 is 0. The fourth-order valence-corrected chi connectivity index (χ4v) is 3.22. The largest absolute Gasteiger partial charge is 0.393 e. The van der Waals surface area contributed by atoms with E-state index >= 15 is 0 Å². The first kappa shape index (κ1) is 12.4. The van der Waals surface area contributed by atoms with Crippen LogP contribution in [0.15, 0.2) is 0 Å². The molecule has 3 heteroatoms. The lowest BCUT2D eigenvalue weighted by Gasteiger charge is -2.20. The average Bonchev–Trinajstić information content (AvgIpc) is 2.28. The topological polar surface area (TPSA) is 20.2 Å². The monoisotopic (exact) mass is 212 g/mol. The molecule has 1 saturated carbocycles. The molecule has 0 bridgehead atoms. The maximum absolute atomic E-state index is 9.94. The summed E-state index contributed by atoms with van der Waals surface area (Å²) in [6, 6.07) is 0. The molecule has 0 amide bonds. The van der Waals surface area contributed by atoms with E-state index in [2.05, 4.69) is 26.6 Å². The molecule has 1 aliphatic rings. The highest BCUT2D eigenvalue weighted by molar-refractivity contribution is 7.72. The highest BCUT2D eigenvalue weighted by Crippen LogP contribution is 2.44. The molecule has 1 fully saturated rings. The van der Waals surface area contributed by atoms with Crippen LogP contribution in [0.3, 0.4) is 0 Å². The zero-order valence-electron chi connectivity index (χ0n) is 9.61. The van der Waals surface area contributed by atoms with E-state index in [0.29, 0.717) is 5.92 Å². The van der Waals surface area contributed by atoms with Crippen molar-refractivity contribution in [3.05, 3.63) is 0 Å². The molecular formula is C11H22BOP. The molecule has 4 unspecified atom stereocenters. The molecule has 0 saturated heterocycles. The Bertz CT molecular complexity index is 235. The first-order chi connectivity index (χ1) is 6.31. The summed E-state index contributed by atoms with van der Waals surface area (Å²) in [7, 11) is 5.93. The van der Waals surface area contributed by atoms with Crippen molar-refractivity contribution in [1.29, 1.82) is 0 Å². The molecule has 0 aromatic carbocycles. The molecule has 80 valence electrons. The second-order valence-corrected chi connectivity index (χ2v) is 9.78. The molecular weight excluding hydrogens is 190 g/mol. The molecule has 0 heterocycles. The Morgan fingerprint density at radius 3 is 2.43 bits per heavy atom. The Morgan fingerprint density at radius 1 is 1.50 bits per heavy atom. The van der Waals surface area contributed by atoms with Crippen molar-refractivity contribution in [2.75, 3.05) is 19.5 Å². The van der Waals surface area contributed by atoms with E-state index in [1.165, 1.54) is 6.16 Å². The fraction of sp³-hybridized carbons (Fsp3) is 0.909. The van der Waals surface area contributed by atoms with E-state index in [0.717, 1.165) is 12.8 Å². The number of aliphatic hydroxyl groups is 1. The Hall–Kier alpha value is 0.325. The minimum atomic E-state index is -0.936. The lowest BCUT2D eigenvalue weighted by atomic mass is 9.79. The van der Waals surface area contributed by atoms with Gasteiger partial charge in [0.05, 0.1) is 14.0 Å². The summed E-state index contributed by atoms with van der Waals surface area (Å²) in [5, 5.41) is 9.94. The van der Waals surface area contributed by atoms with E-state index < -0.39 is 6.89 Å². The van der Waals surface area contributed by atoms with Crippen LogP contribution in [0.5, 0.6) is 0 Å². The van der Waals surface area contributed by atoms with Crippen molar-refractivity contribution in [3.63, 3.8) is 0 Å². The second-order valence-electron chi connectivity index (χ2n) is 5.46. The van der Waals surface area contributed by atoms with Gasteiger partial charge >= 0.3 is 0 Å². The Kier molecular flexibility index (Phi) is 3.94. The first-order valence-electron chi connectivity index (χ1n) is 5.42. The van der Waals surface area contributed by atoms with Crippen LogP contribution in [-0.2, 0) is 0 Å². The van der Waals surface area contributed by atoms with Gasteiger partial charge in [-0.2, -0.15) is 0 Å². The van der Waals surface area contributed by atoms with Crippen LogP contribution in [0, 0.1) is 11.8 Å². The fourth-order valence-electron chi connectivity index (χ4n) is 2.19. The van der Waals surface area contributed by atoms with Crippen molar-refractivity contribution < 1.29 is 5.11 Å². The third-order valence-corrected chi connectivity index (χ3v) is 4.85. The number of hydrogen-bond donors (Lipinski definition) is 1. The molecule has 0 spiro atoms. The number of hydrogen-bond acceptors (Lipinski definition) is 1. The van der Waals surface area contributed by atoms with Crippen LogP contribution >= 0.6 is 6.89 Å². The van der Waals surface area contributed by atoms with Gasteiger partial charge in [0.15, 0.2) is 0 Å². The zero-order valence-corrected chi connectivity index (χ0v) is 10.5. The quantitative estimate of drug-likeness (QED) is 0.560. The highest BCUT2D eigenvalue weighted by atomic mass is 31.2. The van der Waals surface area contributed by atoms with Crippen molar-refractivity contribution >= 4 is 21.0 Å². The summed E-state index contributed by atoms with van der Waals surface area (Å²) in [5.74, 6) is 0.883. The van der Waals surface area contributed by atoms with Crippen LogP contribution in [0.4, 0.5) is 0 Å². The average molecular weight is 212 g/mol. The Balaban J connectivity index is 2.44. The standard InChI is InChI=1S/C11H22BOP/c1-8-10(12)7-9(11(8)13)5-6-14(2,3)4/h8-11,13H,2,5-7H2,1,3-4H3. The third-order valence-electron chi connectivity index (χ3n) is 3.38. The molecule has 0 aliphatic heterocycles. The molecule has 1 rings (SSSR count). The molecule has 1 nitrogen and oxygen atoms in total. The van der Waals surface area contributed by atoms with Crippen molar-refractivity contribution in [3.8, 4) is 0 Å². The van der Waals surface area contributed by atoms with Gasteiger partial charge in [0.2, 0.25) is 0 Å². The van der Waals surface area contributed by atoms with Crippen LogP contribution < -0.4 is 0 Å². The van der Waals surface area contributed by atoms with Crippen LogP contribution in [0.1, 0.15) is 19.8 Å². The van der Waals surface area contributed by atoms with E-state index in [1.54, 1.807) is 0 Å². The van der Waals surface area contributed by atoms with Crippen molar-refractivity contribution in [2.24, 2.45) is 11.8 Å². The molecule has 0 aromatic heterocycles. The maximum Gasteiger partial charge on any atom is 0.0704 e. The van der Waals surface area contributed by atoms with Gasteiger partial charge in [0.1, 0.15) is 0 Å². The van der Waals surface area contributed by atoms with E-state index in [1.807, 2.05) is 0 Å². The van der Waals surface area contributed by atoms with Crippen molar-refractivity contribution in [2.45, 2.75) is 31.7 Å². The minimum absolute atomic E-state index is 0.184. The number of rotatable bonds is 3. The smallest absolute Gasteiger partial charge is 0.0704 e. The molecule has 1 N–H and O–H groups in total. The predicted octanol–water partition coefficient (Wildman–Crippen LogP) is 2.06. The molecule has 4 atom stereocenters. The predicted molar refractivity (Wildman–Crippen MR) is 68.2 cm³/mol. The lowest BCUT2D eigenvalue weighted by Crippen LogP contribution is -2.20. The van der Waals surface area contributed by atoms with Gasteiger partial charge in [-0.05, 0) is 37.7 Å². The highest BCUT2D eigenvalue weighted by Gasteiger charge is 2.36. The summed E-state index contributed by atoms with van der Waals surface area (Å²) in [6.07, 6.45) is 7.27. The van der Waals surface area contributed by atoms with Gasteiger partial charge in [-0.15, -0.1) is 13.2 Å². The summed E-state index contributed by atoms with van der Waals surface area (Å²) in [6.45, 7) is 5.61. The van der Waals surface area contributed by atoms with Gasteiger partial charge < -0.3 is 5.11 Å². The van der Waals surface area contributed by atoms with Gasteiger partial charge in [-0.3, -0.25) is 0 Å². The van der Waals surface area contributed by atoms with E-state index in [9.17, 15) is 5.11 Å². The Labute approximate surface area is 89.7 Å². The minimum Gasteiger partial charge on any atom is -0.393 e. The van der Waals surface area contributed by atoms with Gasteiger partial charge in [0.25, 0.3) is 0 Å². The normalized spacial score (nSPS) is 38.9. The molecule has 14 heavy (non-hydrogen) atoms. The van der Waals surface area contributed by atoms with E-state index in [4.69, 9.17) is 7.85 Å². The van der Waals surface area contributed by atoms with E-state index in [-0.39, 0.29) is 17.8 Å². The summed E-state index contributed by atoms with van der Waals surface area (Å²) >= 11 is 0. The Morgan fingerprint density at radius 2 is 2.07 bits per heavy atom. The van der Waals surface area contributed by atoms with Crippen molar-refractivity contribution in [1.82, 2.24) is 0 Å². The van der Waals surface area contributed by atoms with Crippen LogP contribution in [0.25, 0.3) is 0 Å². The SMILES string of the molecule is [B]C1CC(CCP(=C)(C)C)C(O)C1C. The van der Waals surface area contributed by atoms with Crippen LogP contribution in [-0.4, -0.2) is 44.8 Å². The first-order valence-corrected chi connectivity index (χ1v) is 8.47. The zero-order chi connectivity index (χ0) is 10.9.